The lowest BCUT2D eigenvalue weighted by Gasteiger charge is -2.05. The topological polar surface area (TPSA) is 34.4 Å². The third-order valence-corrected chi connectivity index (χ3v) is 2.71. The summed E-state index contributed by atoms with van der Waals surface area (Å²) >= 11 is 0. The van der Waals surface area contributed by atoms with Gasteiger partial charge in [-0.25, -0.2) is 0 Å². The second-order valence-electron chi connectivity index (χ2n) is 4.16. The first-order chi connectivity index (χ1) is 8.95. The number of hydrogen-bond donors (Lipinski definition) is 1. The highest BCUT2D eigenvalue weighted by molar-refractivity contribution is 5.14. The Morgan fingerprint density at radius 2 is 1.89 bits per heavy atom. The van der Waals surface area contributed by atoms with Crippen molar-refractivity contribution in [2.24, 2.45) is 0 Å². The van der Waals surface area contributed by atoms with E-state index in [1.165, 1.54) is 11.1 Å². The molecule has 1 N–H and O–H groups in total. The van der Waals surface area contributed by atoms with E-state index in [9.17, 15) is 0 Å². The second kappa shape index (κ2) is 7.69. The van der Waals surface area contributed by atoms with Crippen LogP contribution < -0.4 is 5.32 Å². The highest BCUT2D eigenvalue weighted by atomic mass is 16.5. The number of ether oxygens (including phenoxy) is 1. The Kier molecular flexibility index (Phi) is 5.50. The van der Waals surface area contributed by atoms with E-state index in [1.807, 2.05) is 12.1 Å². The Labute approximate surface area is 108 Å². The largest absolute Gasteiger partial charge is 0.472 e. The SMILES string of the molecule is c1ccc(CCOCCNCc2ccoc2)cc1. The third kappa shape index (κ3) is 4.73. The quantitative estimate of drug-likeness (QED) is 0.726. The van der Waals surface area contributed by atoms with Gasteiger partial charge in [-0.15, -0.1) is 0 Å². The van der Waals surface area contributed by atoms with E-state index in [2.05, 4.69) is 29.6 Å². The molecule has 0 aliphatic rings. The van der Waals surface area contributed by atoms with Crippen molar-refractivity contribution in [2.75, 3.05) is 19.8 Å². The second-order valence-corrected chi connectivity index (χ2v) is 4.16. The lowest BCUT2D eigenvalue weighted by Crippen LogP contribution is -2.19. The number of furan rings is 1. The minimum atomic E-state index is 0.741. The molecule has 0 radical (unpaired) electrons. The molecule has 1 heterocycles. The van der Waals surface area contributed by atoms with Gasteiger partial charge in [-0.05, 0) is 18.1 Å². The van der Waals surface area contributed by atoms with Gasteiger partial charge in [0.1, 0.15) is 0 Å². The van der Waals surface area contributed by atoms with E-state index in [0.717, 1.165) is 32.7 Å². The summed E-state index contributed by atoms with van der Waals surface area (Å²) in [4.78, 5) is 0. The first-order valence-electron chi connectivity index (χ1n) is 6.28. The molecule has 0 aliphatic heterocycles. The van der Waals surface area contributed by atoms with Gasteiger partial charge in [0.05, 0.1) is 25.7 Å². The van der Waals surface area contributed by atoms with Crippen LogP contribution in [0.3, 0.4) is 0 Å². The van der Waals surface area contributed by atoms with Gasteiger partial charge in [0, 0.05) is 18.7 Å². The van der Waals surface area contributed by atoms with E-state index in [4.69, 9.17) is 9.15 Å². The molecule has 3 nitrogen and oxygen atoms in total. The molecule has 2 aromatic rings. The number of hydrogen-bond acceptors (Lipinski definition) is 3. The number of benzene rings is 1. The fraction of sp³-hybridized carbons (Fsp3) is 0.333. The van der Waals surface area contributed by atoms with E-state index in [-0.39, 0.29) is 0 Å². The van der Waals surface area contributed by atoms with Crippen LogP contribution in [0, 0.1) is 0 Å². The molecule has 0 unspecified atom stereocenters. The summed E-state index contributed by atoms with van der Waals surface area (Å²) in [5, 5.41) is 3.30. The first kappa shape index (κ1) is 12.9. The summed E-state index contributed by atoms with van der Waals surface area (Å²) in [7, 11) is 0. The Bertz CT molecular complexity index is 411. The van der Waals surface area contributed by atoms with Crippen molar-refractivity contribution < 1.29 is 9.15 Å². The molecular formula is C15H19NO2. The van der Waals surface area contributed by atoms with Gasteiger partial charge in [0.2, 0.25) is 0 Å². The van der Waals surface area contributed by atoms with Crippen LogP contribution in [0.15, 0.2) is 53.3 Å². The van der Waals surface area contributed by atoms with Crippen molar-refractivity contribution in [3.63, 3.8) is 0 Å². The maximum atomic E-state index is 5.57. The third-order valence-electron chi connectivity index (χ3n) is 2.71. The van der Waals surface area contributed by atoms with E-state index in [0.29, 0.717) is 0 Å². The molecule has 1 aromatic carbocycles. The molecule has 0 bridgehead atoms. The van der Waals surface area contributed by atoms with Crippen molar-refractivity contribution >= 4 is 0 Å². The van der Waals surface area contributed by atoms with Crippen LogP contribution in [0.4, 0.5) is 0 Å². The van der Waals surface area contributed by atoms with Crippen molar-refractivity contribution in [3.05, 3.63) is 60.1 Å². The zero-order valence-corrected chi connectivity index (χ0v) is 10.5. The molecule has 0 fully saturated rings. The van der Waals surface area contributed by atoms with Crippen molar-refractivity contribution in [1.82, 2.24) is 5.32 Å². The molecule has 1 aromatic heterocycles. The Morgan fingerprint density at radius 1 is 1.00 bits per heavy atom. The minimum Gasteiger partial charge on any atom is -0.472 e. The van der Waals surface area contributed by atoms with Crippen LogP contribution in [0.25, 0.3) is 0 Å². The van der Waals surface area contributed by atoms with Gasteiger partial charge in [-0.3, -0.25) is 0 Å². The standard InChI is InChI=1S/C15H19NO2/c1-2-4-14(5-3-1)6-9-17-11-8-16-12-15-7-10-18-13-15/h1-5,7,10,13,16H,6,8-9,11-12H2. The van der Waals surface area contributed by atoms with Crippen molar-refractivity contribution in [3.8, 4) is 0 Å². The molecule has 0 saturated heterocycles. The van der Waals surface area contributed by atoms with Gasteiger partial charge >= 0.3 is 0 Å². The van der Waals surface area contributed by atoms with Gasteiger partial charge in [-0.2, -0.15) is 0 Å². The van der Waals surface area contributed by atoms with E-state index in [1.54, 1.807) is 12.5 Å². The van der Waals surface area contributed by atoms with Crippen LogP contribution in [0.1, 0.15) is 11.1 Å². The fourth-order valence-electron chi connectivity index (χ4n) is 1.71. The molecular weight excluding hydrogens is 226 g/mol. The Hall–Kier alpha value is -1.58. The molecule has 0 spiro atoms. The highest BCUT2D eigenvalue weighted by Gasteiger charge is 1.94. The maximum absolute atomic E-state index is 5.57. The number of rotatable bonds is 8. The highest BCUT2D eigenvalue weighted by Crippen LogP contribution is 2.00. The molecule has 18 heavy (non-hydrogen) atoms. The van der Waals surface area contributed by atoms with Crippen molar-refractivity contribution in [1.29, 1.82) is 0 Å². The van der Waals surface area contributed by atoms with Crippen LogP contribution >= 0.6 is 0 Å². The summed E-state index contributed by atoms with van der Waals surface area (Å²) in [6, 6.07) is 12.4. The molecule has 0 saturated carbocycles. The minimum absolute atomic E-state index is 0.741. The molecule has 0 amide bonds. The molecule has 96 valence electrons. The van der Waals surface area contributed by atoms with E-state index >= 15 is 0 Å². The lowest BCUT2D eigenvalue weighted by atomic mass is 10.2. The summed E-state index contributed by atoms with van der Waals surface area (Å²) in [6.45, 7) is 3.21. The Balaban J connectivity index is 1.47. The maximum Gasteiger partial charge on any atom is 0.0947 e. The van der Waals surface area contributed by atoms with Crippen LogP contribution in [-0.2, 0) is 17.7 Å². The van der Waals surface area contributed by atoms with Crippen LogP contribution in [0.5, 0.6) is 0 Å². The summed E-state index contributed by atoms with van der Waals surface area (Å²) in [5.41, 5.74) is 2.49. The van der Waals surface area contributed by atoms with Crippen LogP contribution in [-0.4, -0.2) is 19.8 Å². The summed E-state index contributed by atoms with van der Waals surface area (Å²) in [5.74, 6) is 0. The Morgan fingerprint density at radius 3 is 2.67 bits per heavy atom. The monoisotopic (exact) mass is 245 g/mol. The molecule has 0 aliphatic carbocycles. The van der Waals surface area contributed by atoms with Crippen molar-refractivity contribution in [2.45, 2.75) is 13.0 Å². The molecule has 2 rings (SSSR count). The molecule has 3 heteroatoms. The summed E-state index contributed by atoms with van der Waals surface area (Å²) in [6.07, 6.45) is 4.42. The zero-order valence-electron chi connectivity index (χ0n) is 10.5. The predicted molar refractivity (Wildman–Crippen MR) is 71.4 cm³/mol. The average molecular weight is 245 g/mol. The molecule has 0 atom stereocenters. The first-order valence-corrected chi connectivity index (χ1v) is 6.28. The van der Waals surface area contributed by atoms with Gasteiger partial charge in [0.15, 0.2) is 0 Å². The van der Waals surface area contributed by atoms with Gasteiger partial charge < -0.3 is 14.5 Å². The van der Waals surface area contributed by atoms with E-state index < -0.39 is 0 Å². The van der Waals surface area contributed by atoms with Gasteiger partial charge in [-0.1, -0.05) is 30.3 Å². The number of nitrogens with one attached hydrogen (secondary N) is 1. The normalized spacial score (nSPS) is 10.7. The lowest BCUT2D eigenvalue weighted by molar-refractivity contribution is 0.138. The zero-order chi connectivity index (χ0) is 12.5. The predicted octanol–water partition coefficient (Wildman–Crippen LogP) is 2.63. The average Bonchev–Trinajstić information content (AvgIpc) is 2.92. The fourth-order valence-corrected chi connectivity index (χ4v) is 1.71. The smallest absolute Gasteiger partial charge is 0.0947 e. The summed E-state index contributed by atoms with van der Waals surface area (Å²) < 4.78 is 10.6. The van der Waals surface area contributed by atoms with Crippen LogP contribution in [0.2, 0.25) is 0 Å². The van der Waals surface area contributed by atoms with Gasteiger partial charge in [0.25, 0.3) is 0 Å².